The van der Waals surface area contributed by atoms with Crippen molar-refractivity contribution in [2.45, 2.75) is 33.5 Å². The Balaban J connectivity index is 1.59. The first-order chi connectivity index (χ1) is 15.1. The zero-order valence-corrected chi connectivity index (χ0v) is 18.2. The predicted octanol–water partition coefficient (Wildman–Crippen LogP) is 6.00. The molecule has 1 heterocycles. The third-order valence-electron chi connectivity index (χ3n) is 5.55. The van der Waals surface area contributed by atoms with Gasteiger partial charge in [0.05, 0.1) is 6.54 Å². The molecule has 0 fully saturated rings. The lowest BCUT2D eigenvalue weighted by Gasteiger charge is -2.24. The van der Waals surface area contributed by atoms with Gasteiger partial charge in [0.15, 0.2) is 0 Å². The number of rotatable bonds is 7. The Kier molecular flexibility index (Phi) is 6.32. The second kappa shape index (κ2) is 9.48. The van der Waals surface area contributed by atoms with Crippen LogP contribution in [0, 0.1) is 13.8 Å². The van der Waals surface area contributed by atoms with Crippen LogP contribution in [0.15, 0.2) is 97.2 Å². The first kappa shape index (κ1) is 20.7. The molecule has 156 valence electrons. The summed E-state index contributed by atoms with van der Waals surface area (Å²) >= 11 is 0. The predicted molar refractivity (Wildman–Crippen MR) is 126 cm³/mol. The molecule has 0 aliphatic carbocycles. The molecule has 4 aromatic rings. The zero-order chi connectivity index (χ0) is 21.6. The monoisotopic (exact) mass is 408 g/mol. The van der Waals surface area contributed by atoms with Crippen LogP contribution in [0.25, 0.3) is 0 Å². The first-order valence-corrected chi connectivity index (χ1v) is 10.7. The van der Waals surface area contributed by atoms with Crippen molar-refractivity contribution in [3.8, 4) is 0 Å². The molecule has 0 unspecified atom stereocenters. The van der Waals surface area contributed by atoms with Gasteiger partial charge in [0.1, 0.15) is 0 Å². The fraction of sp³-hybridized carbons (Fsp3) is 0.179. The third kappa shape index (κ3) is 5.32. The number of carbonyl (C=O) groups excluding carboxylic acids is 1. The third-order valence-corrected chi connectivity index (χ3v) is 5.55. The molecule has 0 spiro atoms. The van der Waals surface area contributed by atoms with Gasteiger partial charge < -0.3 is 9.47 Å². The second-order valence-electron chi connectivity index (χ2n) is 8.13. The van der Waals surface area contributed by atoms with Crippen LogP contribution in [0.1, 0.15) is 38.3 Å². The van der Waals surface area contributed by atoms with Crippen molar-refractivity contribution >= 4 is 5.91 Å². The second-order valence-corrected chi connectivity index (χ2v) is 8.13. The van der Waals surface area contributed by atoms with Gasteiger partial charge >= 0.3 is 0 Å². The Bertz CT molecular complexity index is 1130. The standard InChI is InChI=1S/C28H28N2O/c1-22-10-14-25(15-11-22)19-29-18-6-9-27(29)21-30(20-24-7-4-3-5-8-24)28(31)26-16-12-23(2)13-17-26/h3-18H,19-21H2,1-2H3. The van der Waals surface area contributed by atoms with Crippen molar-refractivity contribution in [3.05, 3.63) is 131 Å². The van der Waals surface area contributed by atoms with Gasteiger partial charge in [0.2, 0.25) is 0 Å². The van der Waals surface area contributed by atoms with Gasteiger partial charge in [-0.2, -0.15) is 0 Å². The van der Waals surface area contributed by atoms with Crippen LogP contribution in [0.4, 0.5) is 0 Å². The summed E-state index contributed by atoms with van der Waals surface area (Å²) < 4.78 is 2.23. The number of aryl methyl sites for hydroxylation is 2. The first-order valence-electron chi connectivity index (χ1n) is 10.7. The molecular weight excluding hydrogens is 380 g/mol. The topological polar surface area (TPSA) is 25.2 Å². The van der Waals surface area contributed by atoms with Crippen molar-refractivity contribution in [1.82, 2.24) is 9.47 Å². The molecule has 0 saturated carbocycles. The van der Waals surface area contributed by atoms with Crippen LogP contribution in [0.5, 0.6) is 0 Å². The van der Waals surface area contributed by atoms with Gasteiger partial charge in [-0.25, -0.2) is 0 Å². The number of amides is 1. The van der Waals surface area contributed by atoms with Gasteiger partial charge in [-0.15, -0.1) is 0 Å². The smallest absolute Gasteiger partial charge is 0.254 e. The average Bonchev–Trinajstić information content (AvgIpc) is 3.22. The van der Waals surface area contributed by atoms with Crippen LogP contribution >= 0.6 is 0 Å². The highest BCUT2D eigenvalue weighted by Crippen LogP contribution is 2.17. The SMILES string of the molecule is Cc1ccc(Cn2cccc2CN(Cc2ccccc2)C(=O)c2ccc(C)cc2)cc1. The average molecular weight is 409 g/mol. The maximum absolute atomic E-state index is 13.4. The minimum Gasteiger partial charge on any atom is -0.345 e. The summed E-state index contributed by atoms with van der Waals surface area (Å²) in [5, 5.41) is 0. The number of carbonyl (C=O) groups is 1. The van der Waals surface area contributed by atoms with Gasteiger partial charge in [0, 0.05) is 30.5 Å². The molecule has 3 heteroatoms. The molecule has 0 aliphatic heterocycles. The van der Waals surface area contributed by atoms with E-state index in [-0.39, 0.29) is 5.91 Å². The maximum Gasteiger partial charge on any atom is 0.254 e. The van der Waals surface area contributed by atoms with Crippen LogP contribution in [-0.4, -0.2) is 15.4 Å². The largest absolute Gasteiger partial charge is 0.345 e. The molecular formula is C28H28N2O. The Morgan fingerprint density at radius 1 is 0.710 bits per heavy atom. The highest BCUT2D eigenvalue weighted by molar-refractivity contribution is 5.94. The Morgan fingerprint density at radius 3 is 2.03 bits per heavy atom. The number of hydrogen-bond acceptors (Lipinski definition) is 1. The molecule has 1 amide bonds. The van der Waals surface area contributed by atoms with E-state index in [2.05, 4.69) is 66.2 Å². The normalized spacial score (nSPS) is 10.8. The van der Waals surface area contributed by atoms with E-state index in [1.165, 1.54) is 11.1 Å². The zero-order valence-electron chi connectivity index (χ0n) is 18.2. The minimum atomic E-state index is 0.0481. The quantitative estimate of drug-likeness (QED) is 0.368. The number of nitrogens with zero attached hydrogens (tertiary/aromatic N) is 2. The molecule has 0 radical (unpaired) electrons. The Hall–Kier alpha value is -3.59. The van der Waals surface area contributed by atoms with E-state index >= 15 is 0 Å². The molecule has 4 rings (SSSR count). The lowest BCUT2D eigenvalue weighted by molar-refractivity contribution is 0.0726. The van der Waals surface area contributed by atoms with Crippen molar-refractivity contribution < 1.29 is 4.79 Å². The van der Waals surface area contributed by atoms with Crippen LogP contribution < -0.4 is 0 Å². The van der Waals surface area contributed by atoms with Crippen LogP contribution in [0.2, 0.25) is 0 Å². The molecule has 3 nitrogen and oxygen atoms in total. The summed E-state index contributed by atoms with van der Waals surface area (Å²) in [6, 6.07) is 30.8. The maximum atomic E-state index is 13.4. The summed E-state index contributed by atoms with van der Waals surface area (Å²) in [5.41, 5.74) is 6.63. The fourth-order valence-electron chi connectivity index (χ4n) is 3.72. The van der Waals surface area contributed by atoms with E-state index in [0.29, 0.717) is 13.1 Å². The highest BCUT2D eigenvalue weighted by atomic mass is 16.2. The molecule has 0 bridgehead atoms. The number of hydrogen-bond donors (Lipinski definition) is 0. The van der Waals surface area contributed by atoms with Gasteiger partial charge in [-0.1, -0.05) is 77.9 Å². The lowest BCUT2D eigenvalue weighted by Crippen LogP contribution is -2.31. The molecule has 0 saturated heterocycles. The molecule has 0 atom stereocenters. The van der Waals surface area contributed by atoms with E-state index in [9.17, 15) is 4.79 Å². The highest BCUT2D eigenvalue weighted by Gasteiger charge is 2.18. The molecule has 0 N–H and O–H groups in total. The summed E-state index contributed by atoms with van der Waals surface area (Å²) in [6.45, 7) is 6.06. The van der Waals surface area contributed by atoms with E-state index in [1.807, 2.05) is 54.3 Å². The van der Waals surface area contributed by atoms with Crippen molar-refractivity contribution in [2.75, 3.05) is 0 Å². The Morgan fingerprint density at radius 2 is 1.35 bits per heavy atom. The molecule has 31 heavy (non-hydrogen) atoms. The number of aromatic nitrogens is 1. The van der Waals surface area contributed by atoms with E-state index in [0.717, 1.165) is 28.9 Å². The Labute approximate surface area is 184 Å². The summed E-state index contributed by atoms with van der Waals surface area (Å²) in [5.74, 6) is 0.0481. The van der Waals surface area contributed by atoms with Crippen molar-refractivity contribution in [3.63, 3.8) is 0 Å². The number of benzene rings is 3. The van der Waals surface area contributed by atoms with E-state index in [1.54, 1.807) is 0 Å². The summed E-state index contributed by atoms with van der Waals surface area (Å²) in [6.07, 6.45) is 2.09. The molecule has 3 aromatic carbocycles. The van der Waals surface area contributed by atoms with Gasteiger partial charge in [-0.3, -0.25) is 4.79 Å². The van der Waals surface area contributed by atoms with E-state index < -0.39 is 0 Å². The van der Waals surface area contributed by atoms with Gasteiger partial charge in [0.25, 0.3) is 5.91 Å². The molecule has 1 aromatic heterocycles. The van der Waals surface area contributed by atoms with E-state index in [4.69, 9.17) is 0 Å². The van der Waals surface area contributed by atoms with Crippen molar-refractivity contribution in [1.29, 1.82) is 0 Å². The fourth-order valence-corrected chi connectivity index (χ4v) is 3.72. The summed E-state index contributed by atoms with van der Waals surface area (Å²) in [4.78, 5) is 15.3. The summed E-state index contributed by atoms with van der Waals surface area (Å²) in [7, 11) is 0. The minimum absolute atomic E-state index is 0.0481. The molecule has 0 aliphatic rings. The van der Waals surface area contributed by atoms with Gasteiger partial charge in [-0.05, 0) is 49.2 Å². The lowest BCUT2D eigenvalue weighted by atomic mass is 10.1. The van der Waals surface area contributed by atoms with Crippen LogP contribution in [0.3, 0.4) is 0 Å². The van der Waals surface area contributed by atoms with Crippen LogP contribution in [-0.2, 0) is 19.6 Å². The van der Waals surface area contributed by atoms with Crippen molar-refractivity contribution in [2.24, 2.45) is 0 Å².